The van der Waals surface area contributed by atoms with Gasteiger partial charge < -0.3 is 10.4 Å². The molecule has 0 aromatic heterocycles. The lowest BCUT2D eigenvalue weighted by atomic mass is 10.2. The quantitative estimate of drug-likeness (QED) is 0.698. The van der Waals surface area contributed by atoms with E-state index in [9.17, 15) is 5.11 Å². The lowest BCUT2D eigenvalue weighted by Gasteiger charge is -2.18. The first-order chi connectivity index (χ1) is 5.74. The molecule has 0 radical (unpaired) electrons. The molecular weight excluding hydrogens is 170 g/mol. The Labute approximate surface area is 79.1 Å². The lowest BCUT2D eigenvalue weighted by molar-refractivity contribution is 0.149. The summed E-state index contributed by atoms with van der Waals surface area (Å²) in [6.07, 6.45) is 5.32. The van der Waals surface area contributed by atoms with Crippen molar-refractivity contribution in [1.82, 2.24) is 5.32 Å². The lowest BCUT2D eigenvalue weighted by Crippen LogP contribution is -2.38. The van der Waals surface area contributed by atoms with Crippen LogP contribution in [0.2, 0.25) is 0 Å². The van der Waals surface area contributed by atoms with Crippen molar-refractivity contribution in [2.24, 2.45) is 0 Å². The third kappa shape index (κ3) is 2.96. The van der Waals surface area contributed by atoms with Gasteiger partial charge in [-0.15, -0.1) is 0 Å². The van der Waals surface area contributed by atoms with Crippen molar-refractivity contribution in [2.75, 3.05) is 12.8 Å². The molecule has 1 aliphatic carbocycles. The summed E-state index contributed by atoms with van der Waals surface area (Å²) in [5.74, 6) is 0. The Morgan fingerprint density at radius 2 is 2.33 bits per heavy atom. The summed E-state index contributed by atoms with van der Waals surface area (Å²) in [4.78, 5) is 0. The van der Waals surface area contributed by atoms with Crippen LogP contribution in [0.3, 0.4) is 0 Å². The van der Waals surface area contributed by atoms with Crippen LogP contribution in [-0.2, 0) is 0 Å². The van der Waals surface area contributed by atoms with E-state index in [4.69, 9.17) is 0 Å². The normalized spacial score (nSPS) is 32.2. The Balaban J connectivity index is 2.13. The minimum absolute atomic E-state index is 0.0981. The second-order valence-corrected chi connectivity index (χ2v) is 4.84. The van der Waals surface area contributed by atoms with E-state index in [1.807, 2.05) is 11.8 Å². The molecule has 0 aromatic carbocycles. The highest BCUT2D eigenvalue weighted by Crippen LogP contribution is 2.19. The largest absolute Gasteiger partial charge is 0.392 e. The topological polar surface area (TPSA) is 32.3 Å². The average molecular weight is 189 g/mol. The second-order valence-electron chi connectivity index (χ2n) is 3.56. The molecule has 3 atom stereocenters. The maximum absolute atomic E-state index is 9.51. The molecule has 72 valence electrons. The van der Waals surface area contributed by atoms with Crippen LogP contribution >= 0.6 is 11.8 Å². The summed E-state index contributed by atoms with van der Waals surface area (Å²) in [5, 5.41) is 13.6. The standard InChI is InChI=1S/C9H19NOS/c1-7(12-2)6-10-8-4-3-5-9(8)11/h7-11H,3-6H2,1-2H3/t7?,8-,9-/m1/s1. The number of hydrogen-bond donors (Lipinski definition) is 2. The van der Waals surface area contributed by atoms with Crippen LogP contribution in [0.5, 0.6) is 0 Å². The van der Waals surface area contributed by atoms with E-state index >= 15 is 0 Å². The molecule has 2 N–H and O–H groups in total. The van der Waals surface area contributed by atoms with Crippen molar-refractivity contribution in [1.29, 1.82) is 0 Å². The van der Waals surface area contributed by atoms with Crippen molar-refractivity contribution in [3.8, 4) is 0 Å². The maximum atomic E-state index is 9.51. The van der Waals surface area contributed by atoms with Gasteiger partial charge in [0.1, 0.15) is 0 Å². The second kappa shape index (κ2) is 5.10. The fraction of sp³-hybridized carbons (Fsp3) is 1.00. The molecule has 1 saturated carbocycles. The number of rotatable bonds is 4. The zero-order valence-corrected chi connectivity index (χ0v) is 8.73. The van der Waals surface area contributed by atoms with Crippen molar-refractivity contribution in [3.63, 3.8) is 0 Å². The first kappa shape index (κ1) is 10.4. The first-order valence-electron chi connectivity index (χ1n) is 4.68. The third-order valence-electron chi connectivity index (χ3n) is 2.55. The van der Waals surface area contributed by atoms with Crippen molar-refractivity contribution in [2.45, 2.75) is 43.6 Å². The SMILES string of the molecule is CSC(C)CN[C@@H]1CCC[C@H]1O. The highest BCUT2D eigenvalue weighted by molar-refractivity contribution is 7.99. The summed E-state index contributed by atoms with van der Waals surface area (Å²) >= 11 is 1.87. The van der Waals surface area contributed by atoms with Crippen LogP contribution in [-0.4, -0.2) is 35.3 Å². The van der Waals surface area contributed by atoms with Gasteiger partial charge in [0, 0.05) is 17.8 Å². The molecule has 0 bridgehead atoms. The van der Waals surface area contributed by atoms with Gasteiger partial charge in [0.15, 0.2) is 0 Å². The average Bonchev–Trinajstić information content (AvgIpc) is 2.47. The molecule has 0 saturated heterocycles. The molecule has 2 nitrogen and oxygen atoms in total. The summed E-state index contributed by atoms with van der Waals surface area (Å²) in [7, 11) is 0. The van der Waals surface area contributed by atoms with Gasteiger partial charge in [0.25, 0.3) is 0 Å². The van der Waals surface area contributed by atoms with Crippen LogP contribution in [0.4, 0.5) is 0 Å². The summed E-state index contributed by atoms with van der Waals surface area (Å²) in [6.45, 7) is 3.22. The smallest absolute Gasteiger partial charge is 0.0693 e. The minimum atomic E-state index is -0.0981. The highest BCUT2D eigenvalue weighted by atomic mass is 32.2. The fourth-order valence-electron chi connectivity index (χ4n) is 1.58. The van der Waals surface area contributed by atoms with Gasteiger partial charge in [-0.3, -0.25) is 0 Å². The number of thioether (sulfide) groups is 1. The van der Waals surface area contributed by atoms with Gasteiger partial charge >= 0.3 is 0 Å². The van der Waals surface area contributed by atoms with Crippen LogP contribution in [0.15, 0.2) is 0 Å². The van der Waals surface area contributed by atoms with Gasteiger partial charge in [-0.2, -0.15) is 11.8 Å². The monoisotopic (exact) mass is 189 g/mol. The number of hydrogen-bond acceptors (Lipinski definition) is 3. The highest BCUT2D eigenvalue weighted by Gasteiger charge is 2.24. The first-order valence-corrected chi connectivity index (χ1v) is 5.97. The van der Waals surface area contributed by atoms with Gasteiger partial charge in [-0.05, 0) is 25.5 Å². The number of aliphatic hydroxyl groups excluding tert-OH is 1. The summed E-state index contributed by atoms with van der Waals surface area (Å²) in [5.41, 5.74) is 0. The van der Waals surface area contributed by atoms with E-state index < -0.39 is 0 Å². The Hall–Kier alpha value is 0.270. The van der Waals surface area contributed by atoms with Gasteiger partial charge in [-0.25, -0.2) is 0 Å². The number of aliphatic hydroxyl groups is 1. The molecule has 0 aromatic rings. The Morgan fingerprint density at radius 1 is 1.58 bits per heavy atom. The fourth-order valence-corrected chi connectivity index (χ4v) is 1.84. The zero-order valence-electron chi connectivity index (χ0n) is 7.92. The van der Waals surface area contributed by atoms with Crippen LogP contribution in [0, 0.1) is 0 Å². The molecular formula is C9H19NOS. The maximum Gasteiger partial charge on any atom is 0.0693 e. The summed E-state index contributed by atoms with van der Waals surface area (Å²) in [6, 6.07) is 0.361. The third-order valence-corrected chi connectivity index (χ3v) is 3.52. The molecule has 1 rings (SSSR count). The molecule has 12 heavy (non-hydrogen) atoms. The molecule has 1 unspecified atom stereocenters. The molecule has 3 heteroatoms. The van der Waals surface area contributed by atoms with E-state index in [0.29, 0.717) is 11.3 Å². The minimum Gasteiger partial charge on any atom is -0.392 e. The van der Waals surface area contributed by atoms with E-state index in [-0.39, 0.29) is 6.10 Å². The van der Waals surface area contributed by atoms with Crippen molar-refractivity contribution in [3.05, 3.63) is 0 Å². The Kier molecular flexibility index (Phi) is 4.40. The van der Waals surface area contributed by atoms with Gasteiger partial charge in [0.05, 0.1) is 6.10 Å². The zero-order chi connectivity index (χ0) is 8.97. The molecule has 0 heterocycles. The van der Waals surface area contributed by atoms with E-state index in [2.05, 4.69) is 18.5 Å². The molecule has 0 amide bonds. The predicted octanol–water partition coefficient (Wildman–Crippen LogP) is 1.24. The summed E-state index contributed by atoms with van der Waals surface area (Å²) < 4.78 is 0. The van der Waals surface area contributed by atoms with Crippen molar-refractivity contribution < 1.29 is 5.11 Å². The predicted molar refractivity (Wildman–Crippen MR) is 54.6 cm³/mol. The Morgan fingerprint density at radius 3 is 2.83 bits per heavy atom. The van der Waals surface area contributed by atoms with E-state index in [0.717, 1.165) is 19.4 Å². The van der Waals surface area contributed by atoms with E-state index in [1.165, 1.54) is 6.42 Å². The molecule has 1 aliphatic rings. The molecule has 0 spiro atoms. The van der Waals surface area contributed by atoms with Gasteiger partial charge in [0.2, 0.25) is 0 Å². The van der Waals surface area contributed by atoms with Gasteiger partial charge in [-0.1, -0.05) is 6.92 Å². The number of nitrogens with one attached hydrogen (secondary N) is 1. The molecule has 1 fully saturated rings. The van der Waals surface area contributed by atoms with E-state index in [1.54, 1.807) is 0 Å². The van der Waals surface area contributed by atoms with Crippen LogP contribution < -0.4 is 5.32 Å². The van der Waals surface area contributed by atoms with Crippen LogP contribution in [0.25, 0.3) is 0 Å². The van der Waals surface area contributed by atoms with Crippen molar-refractivity contribution >= 4 is 11.8 Å². The Bertz CT molecular complexity index is 132. The molecule has 0 aliphatic heterocycles. The van der Waals surface area contributed by atoms with Crippen LogP contribution in [0.1, 0.15) is 26.2 Å².